The predicted molar refractivity (Wildman–Crippen MR) is 137 cm³/mol. The quantitative estimate of drug-likeness (QED) is 0.388. The van der Waals surface area contributed by atoms with Crippen molar-refractivity contribution in [3.63, 3.8) is 0 Å². The molecule has 36 heavy (non-hydrogen) atoms. The van der Waals surface area contributed by atoms with E-state index in [-0.39, 0.29) is 0 Å². The van der Waals surface area contributed by atoms with Crippen LogP contribution in [0.4, 0.5) is 5.69 Å². The average molecular weight is 489 g/mol. The number of ether oxygens (including phenoxy) is 3. The topological polar surface area (TPSA) is 79.5 Å². The smallest absolute Gasteiger partial charge is 0.166 e. The van der Waals surface area contributed by atoms with Gasteiger partial charge in [0.1, 0.15) is 11.2 Å². The van der Waals surface area contributed by atoms with E-state index in [2.05, 4.69) is 52.8 Å². The Balaban J connectivity index is 1.54. The summed E-state index contributed by atoms with van der Waals surface area (Å²) in [5.74, 6) is 0.738. The van der Waals surface area contributed by atoms with Crippen LogP contribution in [-0.2, 0) is 26.5 Å². The van der Waals surface area contributed by atoms with Crippen molar-refractivity contribution in [2.75, 3.05) is 45.4 Å². The van der Waals surface area contributed by atoms with Gasteiger partial charge >= 0.3 is 0 Å². The first kappa shape index (κ1) is 23.1. The third-order valence-corrected chi connectivity index (χ3v) is 7.38. The van der Waals surface area contributed by atoms with Gasteiger partial charge in [0.2, 0.25) is 0 Å². The van der Waals surface area contributed by atoms with E-state index in [0.717, 1.165) is 72.0 Å². The summed E-state index contributed by atoms with van der Waals surface area (Å²) >= 11 is 0. The first-order valence-corrected chi connectivity index (χ1v) is 12.5. The highest BCUT2D eigenvalue weighted by Gasteiger charge is 2.40. The summed E-state index contributed by atoms with van der Waals surface area (Å²) in [6, 6.07) is 12.6. The van der Waals surface area contributed by atoms with Crippen LogP contribution in [0.25, 0.3) is 28.2 Å². The Morgan fingerprint density at radius 2 is 1.92 bits per heavy atom. The summed E-state index contributed by atoms with van der Waals surface area (Å²) in [7, 11) is 3.48. The van der Waals surface area contributed by atoms with Gasteiger partial charge in [0.15, 0.2) is 11.5 Å². The van der Waals surface area contributed by atoms with Crippen molar-refractivity contribution in [2.45, 2.75) is 38.5 Å². The van der Waals surface area contributed by atoms with Crippen molar-refractivity contribution in [2.24, 2.45) is 0 Å². The summed E-state index contributed by atoms with van der Waals surface area (Å²) in [4.78, 5) is 12.3. The largest absolute Gasteiger partial charge is 0.378 e. The van der Waals surface area contributed by atoms with Gasteiger partial charge in [0.05, 0.1) is 43.2 Å². The number of aromatic nitrogens is 5. The first-order valence-electron chi connectivity index (χ1n) is 12.5. The minimum Gasteiger partial charge on any atom is -0.378 e. The molecule has 1 saturated carbocycles. The van der Waals surface area contributed by atoms with Crippen LogP contribution in [0.5, 0.6) is 0 Å². The van der Waals surface area contributed by atoms with Gasteiger partial charge in [-0.25, -0.2) is 14.6 Å². The van der Waals surface area contributed by atoms with E-state index in [0.29, 0.717) is 19.8 Å². The molecule has 9 heteroatoms. The fourth-order valence-corrected chi connectivity index (χ4v) is 5.25. The fourth-order valence-electron chi connectivity index (χ4n) is 5.25. The Labute approximate surface area is 210 Å². The number of rotatable bonds is 7. The fraction of sp³-hybridized carbons (Fsp3) is 0.444. The van der Waals surface area contributed by atoms with Gasteiger partial charge in [-0.2, -0.15) is 5.10 Å². The van der Waals surface area contributed by atoms with E-state index in [9.17, 15) is 0 Å². The normalized spacial score (nSPS) is 17.5. The number of pyridine rings is 1. The molecule has 2 aliphatic rings. The third kappa shape index (κ3) is 3.87. The molecule has 188 valence electrons. The molecule has 0 amide bonds. The number of fused-ring (bicyclic) bond motifs is 1. The molecule has 0 bridgehead atoms. The zero-order valence-electron chi connectivity index (χ0n) is 21.1. The second kappa shape index (κ2) is 9.31. The Morgan fingerprint density at radius 3 is 2.61 bits per heavy atom. The van der Waals surface area contributed by atoms with Gasteiger partial charge in [-0.1, -0.05) is 23.8 Å². The lowest BCUT2D eigenvalue weighted by atomic mass is 9.88. The number of nitrogens with zero attached hydrogens (tertiary/aromatic N) is 6. The Hall–Kier alpha value is -3.27. The van der Waals surface area contributed by atoms with Gasteiger partial charge in [-0.3, -0.25) is 4.57 Å². The summed E-state index contributed by atoms with van der Waals surface area (Å²) < 4.78 is 21.2. The number of aryl methyl sites for hydroxylation is 1. The molecule has 1 saturated heterocycles. The molecule has 4 heterocycles. The lowest BCUT2D eigenvalue weighted by Crippen LogP contribution is -2.42. The van der Waals surface area contributed by atoms with Crippen LogP contribution in [0, 0.1) is 6.92 Å². The number of morpholine rings is 1. The summed E-state index contributed by atoms with van der Waals surface area (Å²) in [6.07, 6.45) is 4.90. The van der Waals surface area contributed by atoms with Crippen LogP contribution >= 0.6 is 0 Å². The standard InChI is InChI=1S/C27H32N6O3/c1-19-6-4-7-20(14-19)22-15-21(17-34-2)33(30-22)24-16-23(31-10-12-36-13-11-31)25-26(29-24)32(18-28-25)27(35-3)8-5-9-27/h4,6-7,14-16,18H,5,8-13,17H2,1-3H3. The predicted octanol–water partition coefficient (Wildman–Crippen LogP) is 4.06. The lowest BCUT2D eigenvalue weighted by Gasteiger charge is -2.41. The first-order chi connectivity index (χ1) is 17.6. The van der Waals surface area contributed by atoms with E-state index < -0.39 is 5.72 Å². The van der Waals surface area contributed by atoms with Gasteiger partial charge in [0.25, 0.3) is 0 Å². The molecule has 3 aromatic heterocycles. The molecule has 9 nitrogen and oxygen atoms in total. The number of imidazole rings is 1. The Morgan fingerprint density at radius 1 is 1.08 bits per heavy atom. The molecule has 0 atom stereocenters. The Bertz CT molecular complexity index is 1380. The van der Waals surface area contributed by atoms with Crippen molar-refractivity contribution in [3.05, 3.63) is 54.0 Å². The van der Waals surface area contributed by atoms with Crippen LogP contribution < -0.4 is 4.90 Å². The van der Waals surface area contributed by atoms with Crippen LogP contribution in [0.1, 0.15) is 30.5 Å². The minimum absolute atomic E-state index is 0.394. The van der Waals surface area contributed by atoms with Crippen LogP contribution in [0.2, 0.25) is 0 Å². The maximum Gasteiger partial charge on any atom is 0.166 e. The van der Waals surface area contributed by atoms with Crippen molar-refractivity contribution in [1.29, 1.82) is 0 Å². The molecule has 0 spiro atoms. The van der Waals surface area contributed by atoms with Crippen molar-refractivity contribution in [1.82, 2.24) is 24.3 Å². The molecular weight excluding hydrogens is 456 g/mol. The van der Waals surface area contributed by atoms with E-state index in [1.807, 2.05) is 11.0 Å². The summed E-state index contributed by atoms with van der Waals surface area (Å²) in [5.41, 5.74) is 6.42. The zero-order valence-corrected chi connectivity index (χ0v) is 21.1. The number of benzene rings is 1. The molecule has 0 N–H and O–H groups in total. The molecule has 1 aromatic carbocycles. The number of methoxy groups -OCH3 is 2. The second-order valence-corrected chi connectivity index (χ2v) is 9.62. The molecule has 6 rings (SSSR count). The monoisotopic (exact) mass is 488 g/mol. The molecule has 1 aliphatic carbocycles. The molecule has 1 aliphatic heterocycles. The van der Waals surface area contributed by atoms with Gasteiger partial charge in [-0.15, -0.1) is 0 Å². The number of hydrogen-bond donors (Lipinski definition) is 0. The van der Waals surface area contributed by atoms with E-state index in [4.69, 9.17) is 29.3 Å². The highest BCUT2D eigenvalue weighted by molar-refractivity contribution is 5.88. The number of hydrogen-bond acceptors (Lipinski definition) is 7. The van der Waals surface area contributed by atoms with E-state index in [1.165, 1.54) is 5.56 Å². The molecule has 0 radical (unpaired) electrons. The van der Waals surface area contributed by atoms with Gasteiger partial charge in [-0.05, 0) is 38.3 Å². The average Bonchev–Trinajstić information content (AvgIpc) is 3.49. The molecule has 0 unspecified atom stereocenters. The van der Waals surface area contributed by atoms with Gasteiger partial charge in [0, 0.05) is 38.9 Å². The lowest BCUT2D eigenvalue weighted by molar-refractivity contribution is -0.135. The molecular formula is C27H32N6O3. The van der Waals surface area contributed by atoms with Crippen LogP contribution in [0.3, 0.4) is 0 Å². The maximum absolute atomic E-state index is 6.00. The minimum atomic E-state index is -0.394. The zero-order chi connectivity index (χ0) is 24.7. The SMILES string of the molecule is COCc1cc(-c2cccc(C)c2)nn1-c1cc(N2CCOCC2)c2ncn(C3(OC)CCC3)c2n1. The van der Waals surface area contributed by atoms with Gasteiger partial charge < -0.3 is 19.1 Å². The van der Waals surface area contributed by atoms with E-state index in [1.54, 1.807) is 14.2 Å². The maximum atomic E-state index is 6.00. The number of anilines is 1. The second-order valence-electron chi connectivity index (χ2n) is 9.62. The van der Waals surface area contributed by atoms with Crippen molar-refractivity contribution >= 4 is 16.9 Å². The summed E-state index contributed by atoms with van der Waals surface area (Å²) in [5, 5.41) is 5.00. The van der Waals surface area contributed by atoms with Crippen molar-refractivity contribution < 1.29 is 14.2 Å². The van der Waals surface area contributed by atoms with Crippen LogP contribution in [0.15, 0.2) is 42.7 Å². The Kier molecular flexibility index (Phi) is 5.99. The highest BCUT2D eigenvalue weighted by Crippen LogP contribution is 2.42. The van der Waals surface area contributed by atoms with Crippen LogP contribution in [-0.4, -0.2) is 64.8 Å². The third-order valence-electron chi connectivity index (χ3n) is 7.38. The van der Waals surface area contributed by atoms with Crippen molar-refractivity contribution in [3.8, 4) is 17.1 Å². The molecule has 4 aromatic rings. The molecule has 2 fully saturated rings. The highest BCUT2D eigenvalue weighted by atomic mass is 16.5. The van der Waals surface area contributed by atoms with E-state index >= 15 is 0 Å². The summed E-state index contributed by atoms with van der Waals surface area (Å²) in [6.45, 7) is 5.51.